The Morgan fingerprint density at radius 1 is 1.14 bits per heavy atom. The number of phenols is 1. The summed E-state index contributed by atoms with van der Waals surface area (Å²) in [7, 11) is 0. The minimum absolute atomic E-state index is 0.0146. The van der Waals surface area contributed by atoms with Crippen LogP contribution in [0.4, 0.5) is 0 Å². The van der Waals surface area contributed by atoms with Crippen LogP contribution >= 0.6 is 0 Å². The second-order valence-electron chi connectivity index (χ2n) is 7.01. The number of aromatic hydroxyl groups is 1. The summed E-state index contributed by atoms with van der Waals surface area (Å²) in [5, 5.41) is 12.5. The van der Waals surface area contributed by atoms with Crippen molar-refractivity contribution in [2.75, 3.05) is 32.9 Å². The van der Waals surface area contributed by atoms with Gasteiger partial charge in [0.2, 0.25) is 0 Å². The Morgan fingerprint density at radius 2 is 1.86 bits per heavy atom. The van der Waals surface area contributed by atoms with Gasteiger partial charge in [-0.1, -0.05) is 30.3 Å². The Labute approximate surface area is 170 Å². The van der Waals surface area contributed by atoms with E-state index in [9.17, 15) is 14.7 Å². The van der Waals surface area contributed by atoms with E-state index in [1.54, 1.807) is 19.1 Å². The SMILES string of the molecule is Cc1ccc(C(=O)OCC(=O)NCc2ccccc2CN2CCOCC2)cc1O. The lowest BCUT2D eigenvalue weighted by Gasteiger charge is -2.27. The highest BCUT2D eigenvalue weighted by atomic mass is 16.5. The molecule has 1 saturated heterocycles. The number of rotatable bonds is 7. The molecule has 0 atom stereocenters. The molecule has 29 heavy (non-hydrogen) atoms. The monoisotopic (exact) mass is 398 g/mol. The number of phenolic OH excluding ortho intramolecular Hbond substituents is 1. The molecule has 2 aromatic carbocycles. The molecular formula is C22H26N2O5. The molecule has 0 saturated carbocycles. The number of carbonyl (C=O) groups is 2. The molecular weight excluding hydrogens is 372 g/mol. The Balaban J connectivity index is 1.49. The number of carbonyl (C=O) groups excluding carboxylic acids is 2. The van der Waals surface area contributed by atoms with Crippen molar-refractivity contribution in [2.24, 2.45) is 0 Å². The summed E-state index contributed by atoms with van der Waals surface area (Å²) in [5.41, 5.74) is 3.05. The molecule has 0 unspecified atom stereocenters. The van der Waals surface area contributed by atoms with E-state index >= 15 is 0 Å². The first-order chi connectivity index (χ1) is 14.0. The van der Waals surface area contributed by atoms with Crippen molar-refractivity contribution in [1.82, 2.24) is 10.2 Å². The molecule has 0 bridgehead atoms. The van der Waals surface area contributed by atoms with Gasteiger partial charge in [0.05, 0.1) is 18.8 Å². The first kappa shape index (κ1) is 20.8. The highest BCUT2D eigenvalue weighted by Crippen LogP contribution is 2.18. The number of ether oxygens (including phenoxy) is 2. The lowest BCUT2D eigenvalue weighted by atomic mass is 10.1. The Morgan fingerprint density at radius 3 is 2.59 bits per heavy atom. The quantitative estimate of drug-likeness (QED) is 0.694. The fraction of sp³-hybridized carbons (Fsp3) is 0.364. The summed E-state index contributed by atoms with van der Waals surface area (Å²) in [4.78, 5) is 26.5. The second kappa shape index (κ2) is 10.0. The molecule has 2 aromatic rings. The maximum absolute atomic E-state index is 12.1. The summed E-state index contributed by atoms with van der Waals surface area (Å²) >= 11 is 0. The molecule has 2 N–H and O–H groups in total. The predicted octanol–water partition coefficient (Wildman–Crippen LogP) is 2.01. The third kappa shape index (κ3) is 6.04. The summed E-state index contributed by atoms with van der Waals surface area (Å²) < 4.78 is 10.4. The molecule has 7 nitrogen and oxygen atoms in total. The van der Waals surface area contributed by atoms with Crippen molar-refractivity contribution in [1.29, 1.82) is 0 Å². The van der Waals surface area contributed by atoms with Gasteiger partial charge in [-0.2, -0.15) is 0 Å². The molecule has 1 heterocycles. The number of aryl methyl sites for hydroxylation is 1. The second-order valence-corrected chi connectivity index (χ2v) is 7.01. The average Bonchev–Trinajstić information content (AvgIpc) is 2.74. The van der Waals surface area contributed by atoms with Crippen molar-refractivity contribution < 1.29 is 24.2 Å². The minimum atomic E-state index is -0.650. The highest BCUT2D eigenvalue weighted by molar-refractivity contribution is 5.91. The van der Waals surface area contributed by atoms with Crippen LogP contribution in [-0.2, 0) is 27.4 Å². The molecule has 0 aromatic heterocycles. The molecule has 0 spiro atoms. The van der Waals surface area contributed by atoms with E-state index < -0.39 is 5.97 Å². The highest BCUT2D eigenvalue weighted by Gasteiger charge is 2.14. The van der Waals surface area contributed by atoms with Crippen LogP contribution in [0.15, 0.2) is 42.5 Å². The van der Waals surface area contributed by atoms with Crippen LogP contribution in [-0.4, -0.2) is 54.8 Å². The number of hydrogen-bond acceptors (Lipinski definition) is 6. The maximum atomic E-state index is 12.1. The summed E-state index contributed by atoms with van der Waals surface area (Å²) in [6.07, 6.45) is 0. The van der Waals surface area contributed by atoms with E-state index in [1.165, 1.54) is 6.07 Å². The van der Waals surface area contributed by atoms with Gasteiger partial charge in [-0.05, 0) is 35.7 Å². The fourth-order valence-electron chi connectivity index (χ4n) is 3.08. The normalized spacial score (nSPS) is 14.4. The third-order valence-electron chi connectivity index (χ3n) is 4.87. The van der Waals surface area contributed by atoms with Gasteiger partial charge in [0, 0.05) is 26.2 Å². The smallest absolute Gasteiger partial charge is 0.338 e. The molecule has 0 aliphatic carbocycles. The predicted molar refractivity (Wildman–Crippen MR) is 108 cm³/mol. The molecule has 1 amide bonds. The van der Waals surface area contributed by atoms with Gasteiger partial charge >= 0.3 is 5.97 Å². The first-order valence-corrected chi connectivity index (χ1v) is 9.63. The molecule has 1 aliphatic rings. The van der Waals surface area contributed by atoms with Crippen molar-refractivity contribution in [2.45, 2.75) is 20.0 Å². The number of benzene rings is 2. The fourth-order valence-corrected chi connectivity index (χ4v) is 3.08. The number of esters is 1. The lowest BCUT2D eigenvalue weighted by molar-refractivity contribution is -0.124. The number of amides is 1. The molecule has 154 valence electrons. The molecule has 7 heteroatoms. The Bertz CT molecular complexity index is 862. The van der Waals surface area contributed by atoms with Crippen LogP contribution in [0.5, 0.6) is 5.75 Å². The van der Waals surface area contributed by atoms with E-state index in [-0.39, 0.29) is 23.8 Å². The maximum Gasteiger partial charge on any atom is 0.338 e. The van der Waals surface area contributed by atoms with Gasteiger partial charge in [-0.15, -0.1) is 0 Å². The number of nitrogens with one attached hydrogen (secondary N) is 1. The molecule has 1 aliphatic heterocycles. The summed E-state index contributed by atoms with van der Waals surface area (Å²) in [6.45, 7) is 5.79. The average molecular weight is 398 g/mol. The van der Waals surface area contributed by atoms with Gasteiger partial charge < -0.3 is 19.9 Å². The van der Waals surface area contributed by atoms with E-state index in [1.807, 2.05) is 18.2 Å². The van der Waals surface area contributed by atoms with Crippen LogP contribution in [0.1, 0.15) is 27.0 Å². The third-order valence-corrected chi connectivity index (χ3v) is 4.87. The topological polar surface area (TPSA) is 88.1 Å². The molecule has 1 fully saturated rings. The van der Waals surface area contributed by atoms with Crippen LogP contribution in [0, 0.1) is 6.92 Å². The molecule has 0 radical (unpaired) electrons. The largest absolute Gasteiger partial charge is 0.508 e. The van der Waals surface area contributed by atoms with Gasteiger partial charge in [-0.3, -0.25) is 9.69 Å². The minimum Gasteiger partial charge on any atom is -0.508 e. The zero-order valence-electron chi connectivity index (χ0n) is 16.5. The van der Waals surface area contributed by atoms with Crippen molar-refractivity contribution in [3.8, 4) is 5.75 Å². The first-order valence-electron chi connectivity index (χ1n) is 9.63. The number of morpholine rings is 1. The van der Waals surface area contributed by atoms with Crippen LogP contribution in [0.3, 0.4) is 0 Å². The lowest BCUT2D eigenvalue weighted by Crippen LogP contribution is -2.36. The van der Waals surface area contributed by atoms with Gasteiger partial charge in [0.1, 0.15) is 5.75 Å². The van der Waals surface area contributed by atoms with Crippen molar-refractivity contribution in [3.05, 3.63) is 64.7 Å². The van der Waals surface area contributed by atoms with E-state index in [0.29, 0.717) is 12.1 Å². The van der Waals surface area contributed by atoms with Crippen molar-refractivity contribution >= 4 is 11.9 Å². The summed E-state index contributed by atoms with van der Waals surface area (Å²) in [5.74, 6) is -1.01. The summed E-state index contributed by atoms with van der Waals surface area (Å²) in [6, 6.07) is 12.5. The van der Waals surface area contributed by atoms with Gasteiger partial charge in [0.15, 0.2) is 6.61 Å². The number of nitrogens with zero attached hydrogens (tertiary/aromatic N) is 1. The van der Waals surface area contributed by atoms with Gasteiger partial charge in [-0.25, -0.2) is 4.79 Å². The van der Waals surface area contributed by atoms with E-state index in [0.717, 1.165) is 44.0 Å². The zero-order valence-corrected chi connectivity index (χ0v) is 16.5. The van der Waals surface area contributed by atoms with Gasteiger partial charge in [0.25, 0.3) is 5.91 Å². The van der Waals surface area contributed by atoms with E-state index in [2.05, 4.69) is 16.3 Å². The standard InChI is InChI=1S/C22H26N2O5/c1-16-6-7-17(12-20(16)25)22(27)29-15-21(26)23-13-18-4-2-3-5-19(18)14-24-8-10-28-11-9-24/h2-7,12,25H,8-11,13-15H2,1H3,(H,23,26). The Hall–Kier alpha value is -2.90. The number of hydrogen-bond donors (Lipinski definition) is 2. The van der Waals surface area contributed by atoms with Crippen LogP contribution < -0.4 is 5.32 Å². The van der Waals surface area contributed by atoms with Crippen LogP contribution in [0.25, 0.3) is 0 Å². The van der Waals surface area contributed by atoms with Crippen molar-refractivity contribution in [3.63, 3.8) is 0 Å². The molecule has 3 rings (SSSR count). The van der Waals surface area contributed by atoms with Crippen LogP contribution in [0.2, 0.25) is 0 Å². The Kier molecular flexibility index (Phi) is 7.21. The zero-order chi connectivity index (χ0) is 20.6. The van der Waals surface area contributed by atoms with E-state index in [4.69, 9.17) is 9.47 Å².